The number of carbonyl (C=O) groups is 1. The van der Waals surface area contributed by atoms with Crippen LogP contribution in [0.25, 0.3) is 0 Å². The Morgan fingerprint density at radius 3 is 2.89 bits per heavy atom. The zero-order chi connectivity index (χ0) is 13.1. The van der Waals surface area contributed by atoms with Crippen LogP contribution in [0.3, 0.4) is 0 Å². The van der Waals surface area contributed by atoms with Crippen molar-refractivity contribution in [2.45, 2.75) is 31.8 Å². The molecule has 2 rings (SSSR count). The molecular formula is C13H18BrN3O. The number of piperidine rings is 1. The van der Waals surface area contributed by atoms with Crippen LogP contribution >= 0.6 is 15.9 Å². The molecule has 0 bridgehead atoms. The molecule has 1 fully saturated rings. The molecule has 1 heterocycles. The predicted molar refractivity (Wildman–Crippen MR) is 75.8 cm³/mol. The van der Waals surface area contributed by atoms with Crippen LogP contribution < -0.4 is 11.5 Å². The Morgan fingerprint density at radius 1 is 1.44 bits per heavy atom. The molecule has 5 heteroatoms. The maximum Gasteiger partial charge on any atom is 0.234 e. The number of halogens is 1. The minimum atomic E-state index is -0.222. The van der Waals surface area contributed by atoms with Gasteiger partial charge in [-0.15, -0.1) is 0 Å². The highest BCUT2D eigenvalue weighted by Gasteiger charge is 2.26. The highest BCUT2D eigenvalue weighted by atomic mass is 79.9. The molecule has 1 aliphatic heterocycles. The average molecular weight is 312 g/mol. The Kier molecular flexibility index (Phi) is 4.24. The van der Waals surface area contributed by atoms with E-state index < -0.39 is 0 Å². The number of nitrogen functional groups attached to an aromatic ring is 1. The number of nitrogens with two attached hydrogens (primary N) is 2. The summed E-state index contributed by atoms with van der Waals surface area (Å²) in [5.41, 5.74) is 13.2. The molecule has 1 saturated heterocycles. The highest BCUT2D eigenvalue weighted by Crippen LogP contribution is 2.23. The first-order chi connectivity index (χ1) is 8.58. The smallest absolute Gasteiger partial charge is 0.234 e. The number of amides is 1. The molecule has 0 spiro atoms. The monoisotopic (exact) mass is 311 g/mol. The van der Waals surface area contributed by atoms with Gasteiger partial charge in [0.25, 0.3) is 0 Å². The van der Waals surface area contributed by atoms with Crippen LogP contribution in [0.15, 0.2) is 22.7 Å². The number of hydrogen-bond donors (Lipinski definition) is 2. The van der Waals surface area contributed by atoms with Crippen LogP contribution in [0, 0.1) is 0 Å². The first-order valence-electron chi connectivity index (χ1n) is 6.15. The number of primary amides is 1. The molecule has 4 nitrogen and oxygen atoms in total. The van der Waals surface area contributed by atoms with Crippen LogP contribution in [0.2, 0.25) is 0 Å². The van der Waals surface area contributed by atoms with E-state index in [1.807, 2.05) is 18.2 Å². The van der Waals surface area contributed by atoms with Gasteiger partial charge in [-0.25, -0.2) is 0 Å². The number of benzene rings is 1. The summed E-state index contributed by atoms with van der Waals surface area (Å²) in [6.45, 7) is 1.65. The highest BCUT2D eigenvalue weighted by molar-refractivity contribution is 9.10. The predicted octanol–water partition coefficient (Wildman–Crippen LogP) is 1.87. The molecular weight excluding hydrogens is 294 g/mol. The molecule has 18 heavy (non-hydrogen) atoms. The molecule has 1 aromatic rings. The van der Waals surface area contributed by atoms with E-state index in [1.54, 1.807) is 0 Å². The van der Waals surface area contributed by atoms with E-state index in [-0.39, 0.29) is 11.9 Å². The second-order valence-corrected chi connectivity index (χ2v) is 5.59. The van der Waals surface area contributed by atoms with Gasteiger partial charge in [-0.05, 0) is 53.0 Å². The normalized spacial score (nSPS) is 20.8. The first kappa shape index (κ1) is 13.4. The van der Waals surface area contributed by atoms with Gasteiger partial charge in [-0.1, -0.05) is 12.5 Å². The van der Waals surface area contributed by atoms with Crippen molar-refractivity contribution in [2.24, 2.45) is 5.73 Å². The zero-order valence-corrected chi connectivity index (χ0v) is 11.8. The van der Waals surface area contributed by atoms with Crippen molar-refractivity contribution in [1.82, 2.24) is 4.90 Å². The largest absolute Gasteiger partial charge is 0.398 e. The van der Waals surface area contributed by atoms with E-state index in [9.17, 15) is 4.79 Å². The van der Waals surface area contributed by atoms with Gasteiger partial charge in [0.2, 0.25) is 5.91 Å². The second-order valence-electron chi connectivity index (χ2n) is 4.74. The quantitative estimate of drug-likeness (QED) is 0.837. The summed E-state index contributed by atoms with van der Waals surface area (Å²) in [5, 5.41) is 0. The van der Waals surface area contributed by atoms with Crippen LogP contribution in [-0.4, -0.2) is 23.4 Å². The molecule has 1 atom stereocenters. The summed E-state index contributed by atoms with van der Waals surface area (Å²) in [5.74, 6) is -0.222. The molecule has 1 unspecified atom stereocenters. The van der Waals surface area contributed by atoms with E-state index in [0.717, 1.165) is 48.1 Å². The fourth-order valence-corrected chi connectivity index (χ4v) is 2.68. The Hall–Kier alpha value is -1.07. The second kappa shape index (κ2) is 5.71. The van der Waals surface area contributed by atoms with Crippen molar-refractivity contribution in [1.29, 1.82) is 0 Å². The summed E-state index contributed by atoms with van der Waals surface area (Å²) >= 11 is 3.38. The van der Waals surface area contributed by atoms with Gasteiger partial charge in [-0.3, -0.25) is 9.69 Å². The summed E-state index contributed by atoms with van der Waals surface area (Å²) in [7, 11) is 0. The lowest BCUT2D eigenvalue weighted by atomic mass is 10.0. The third-order valence-corrected chi connectivity index (χ3v) is 4.11. The summed E-state index contributed by atoms with van der Waals surface area (Å²) < 4.78 is 0.899. The number of rotatable bonds is 3. The Bertz CT molecular complexity index is 450. The van der Waals surface area contributed by atoms with Crippen LogP contribution in [-0.2, 0) is 11.3 Å². The number of carbonyl (C=O) groups excluding carboxylic acids is 1. The van der Waals surface area contributed by atoms with Gasteiger partial charge in [0, 0.05) is 16.7 Å². The van der Waals surface area contributed by atoms with Crippen molar-refractivity contribution in [3.63, 3.8) is 0 Å². The van der Waals surface area contributed by atoms with E-state index in [0.29, 0.717) is 0 Å². The minimum absolute atomic E-state index is 0.136. The molecule has 1 amide bonds. The average Bonchev–Trinajstić information content (AvgIpc) is 2.34. The van der Waals surface area contributed by atoms with E-state index in [2.05, 4.69) is 20.8 Å². The summed E-state index contributed by atoms with van der Waals surface area (Å²) in [6.07, 6.45) is 3.06. The van der Waals surface area contributed by atoms with Crippen LogP contribution in [0.4, 0.5) is 5.69 Å². The van der Waals surface area contributed by atoms with Crippen molar-refractivity contribution in [3.05, 3.63) is 28.2 Å². The van der Waals surface area contributed by atoms with Crippen LogP contribution in [0.5, 0.6) is 0 Å². The molecule has 0 aromatic heterocycles. The number of nitrogens with zero attached hydrogens (tertiary/aromatic N) is 1. The molecule has 0 radical (unpaired) electrons. The maximum atomic E-state index is 11.4. The van der Waals surface area contributed by atoms with Crippen molar-refractivity contribution in [3.8, 4) is 0 Å². The lowest BCUT2D eigenvalue weighted by Crippen LogP contribution is -2.47. The van der Waals surface area contributed by atoms with E-state index >= 15 is 0 Å². The fraction of sp³-hybridized carbons (Fsp3) is 0.462. The summed E-state index contributed by atoms with van der Waals surface area (Å²) in [4.78, 5) is 13.6. The van der Waals surface area contributed by atoms with Crippen molar-refractivity contribution < 1.29 is 4.79 Å². The van der Waals surface area contributed by atoms with Gasteiger partial charge in [-0.2, -0.15) is 0 Å². The maximum absolute atomic E-state index is 11.4. The first-order valence-corrected chi connectivity index (χ1v) is 6.94. The third-order valence-electron chi connectivity index (χ3n) is 3.39. The molecule has 0 saturated carbocycles. The van der Waals surface area contributed by atoms with E-state index in [1.165, 1.54) is 0 Å². The molecule has 0 aliphatic carbocycles. The topological polar surface area (TPSA) is 72.4 Å². The third kappa shape index (κ3) is 3.03. The standard InChI is InChI=1S/C13H18BrN3O/c14-10-5-4-9(7-11(10)15)8-17-6-2-1-3-12(17)13(16)18/h4-5,7,12H,1-3,6,8,15H2,(H2,16,18). The van der Waals surface area contributed by atoms with Gasteiger partial charge < -0.3 is 11.5 Å². The van der Waals surface area contributed by atoms with Gasteiger partial charge >= 0.3 is 0 Å². The number of likely N-dealkylation sites (tertiary alicyclic amines) is 1. The van der Waals surface area contributed by atoms with Gasteiger partial charge in [0.1, 0.15) is 0 Å². The fourth-order valence-electron chi connectivity index (χ4n) is 2.43. The SMILES string of the molecule is NC(=O)C1CCCCN1Cc1ccc(Br)c(N)c1. The van der Waals surface area contributed by atoms with Gasteiger partial charge in [0.05, 0.1) is 6.04 Å². The lowest BCUT2D eigenvalue weighted by molar-refractivity contribution is -0.124. The number of anilines is 1. The molecule has 4 N–H and O–H groups in total. The minimum Gasteiger partial charge on any atom is -0.398 e. The Morgan fingerprint density at radius 2 is 2.22 bits per heavy atom. The molecule has 1 aliphatic rings. The Labute approximate surface area is 115 Å². The van der Waals surface area contributed by atoms with Crippen molar-refractivity contribution in [2.75, 3.05) is 12.3 Å². The number of hydrogen-bond acceptors (Lipinski definition) is 3. The lowest BCUT2D eigenvalue weighted by Gasteiger charge is -2.33. The molecule has 98 valence electrons. The zero-order valence-electron chi connectivity index (χ0n) is 10.2. The van der Waals surface area contributed by atoms with Crippen LogP contribution in [0.1, 0.15) is 24.8 Å². The van der Waals surface area contributed by atoms with Gasteiger partial charge in [0.15, 0.2) is 0 Å². The summed E-state index contributed by atoms with van der Waals surface area (Å²) in [6, 6.07) is 5.76. The molecule has 1 aromatic carbocycles. The Balaban J connectivity index is 2.10. The van der Waals surface area contributed by atoms with E-state index in [4.69, 9.17) is 11.5 Å². The van der Waals surface area contributed by atoms with Crippen molar-refractivity contribution >= 4 is 27.5 Å².